The molecule has 0 aromatic heterocycles. The first kappa shape index (κ1) is 74.6. The van der Waals surface area contributed by atoms with E-state index < -0.39 is 135 Å². The number of ether oxygens (including phenoxy) is 6. The van der Waals surface area contributed by atoms with Crippen LogP contribution in [-0.2, 0) is 42.8 Å². The first-order chi connectivity index (χ1) is 38.3. The van der Waals surface area contributed by atoms with Crippen molar-refractivity contribution in [3.8, 4) is 0 Å². The van der Waals surface area contributed by atoms with Crippen LogP contribution < -0.4 is 21.9 Å². The smallest absolute Gasteiger partial charge is 0.220 e. The van der Waals surface area contributed by atoms with E-state index in [1.54, 1.807) is 6.08 Å². The van der Waals surface area contributed by atoms with Crippen molar-refractivity contribution in [2.24, 2.45) is 0 Å². The number of hydrogen-bond acceptors (Lipinski definition) is 19. The number of carbonyl (C=O) groups is 3. The Labute approximate surface area is 483 Å². The van der Waals surface area contributed by atoms with Gasteiger partial charge in [0.2, 0.25) is 17.6 Å². The van der Waals surface area contributed by atoms with Gasteiger partial charge in [-0.05, 0) is 33.1 Å². The molecule has 2 amide bonds. The van der Waals surface area contributed by atoms with E-state index in [1.807, 2.05) is 6.08 Å². The second-order valence-electron chi connectivity index (χ2n) is 22.9. The van der Waals surface area contributed by atoms with Crippen LogP contribution >= 0.6 is 0 Å². The predicted molar refractivity (Wildman–Crippen MR) is 302 cm³/mol. The normalized spacial score (nSPS) is 30.3. The largest absolute Gasteiger partial charge is 0.544 e. The summed E-state index contributed by atoms with van der Waals surface area (Å²) in [5.41, 5.74) is 0. The molecule has 3 rings (SSSR count). The summed E-state index contributed by atoms with van der Waals surface area (Å²) in [7, 11) is 0. The van der Waals surface area contributed by atoms with E-state index in [9.17, 15) is 65.4 Å². The molecule has 476 valence electrons. The summed E-state index contributed by atoms with van der Waals surface area (Å²) >= 11 is 0. The Morgan fingerprint density at radius 2 is 1.16 bits per heavy atom. The van der Waals surface area contributed by atoms with Gasteiger partial charge in [0.1, 0.15) is 60.9 Å². The van der Waals surface area contributed by atoms with E-state index in [-0.39, 0.29) is 25.1 Å². The van der Waals surface area contributed by atoms with Crippen LogP contribution in [-0.4, -0.2) is 187 Å². The lowest BCUT2D eigenvalue weighted by Gasteiger charge is -2.52. The molecular weight excluding hydrogens is 1050 g/mol. The van der Waals surface area contributed by atoms with Crippen molar-refractivity contribution in [2.45, 2.75) is 331 Å². The summed E-state index contributed by atoms with van der Waals surface area (Å²) in [6.45, 7) is 6.98. The maximum Gasteiger partial charge on any atom is 0.220 e. The molecule has 0 spiro atoms. The van der Waals surface area contributed by atoms with Crippen molar-refractivity contribution in [1.29, 1.82) is 0 Å². The zero-order chi connectivity index (χ0) is 59.0. The third kappa shape index (κ3) is 26.3. The van der Waals surface area contributed by atoms with Gasteiger partial charge in [-0.1, -0.05) is 180 Å². The molecule has 3 saturated heterocycles. The number of carbonyl (C=O) groups excluding carboxylic acids is 3. The minimum atomic E-state index is -3.07. The zero-order valence-electron chi connectivity index (χ0n) is 50.0. The number of aliphatic hydroxyl groups excluding tert-OH is 9. The molecule has 3 aliphatic heterocycles. The van der Waals surface area contributed by atoms with E-state index in [0.717, 1.165) is 51.9 Å². The molecule has 17 unspecified atom stereocenters. The summed E-state index contributed by atoms with van der Waals surface area (Å²) in [5, 5.41) is 117. The highest BCUT2D eigenvalue weighted by Crippen LogP contribution is 2.38. The number of carboxylic acid groups (broad SMARTS) is 1. The first-order valence-corrected chi connectivity index (χ1v) is 30.8. The number of quaternary nitrogens is 1. The number of aliphatic carboxylic acids is 1. The Kier molecular flexibility index (Phi) is 38.3. The van der Waals surface area contributed by atoms with Gasteiger partial charge in [0, 0.05) is 19.8 Å². The minimum Gasteiger partial charge on any atom is -0.544 e. The van der Waals surface area contributed by atoms with E-state index in [4.69, 9.17) is 28.4 Å². The van der Waals surface area contributed by atoms with Crippen LogP contribution in [0.1, 0.15) is 221 Å². The van der Waals surface area contributed by atoms with Crippen molar-refractivity contribution in [3.05, 3.63) is 12.2 Å². The number of allylic oxidation sites excluding steroid dienone is 1. The molecule has 22 nitrogen and oxygen atoms in total. The lowest BCUT2D eigenvalue weighted by Crippen LogP contribution is -2.72. The topological polar surface area (TPSA) is 372 Å². The lowest BCUT2D eigenvalue weighted by molar-refractivity contribution is -0.410. The van der Waals surface area contributed by atoms with Crippen molar-refractivity contribution in [2.75, 3.05) is 13.2 Å². The van der Waals surface area contributed by atoms with Gasteiger partial charge in [0.15, 0.2) is 12.6 Å². The average molecular weight is 1170 g/mol. The fraction of sp³-hybridized carbons (Fsp3) is 0.915. The number of aliphatic hydroxyl groups is 9. The molecule has 3 fully saturated rings. The van der Waals surface area contributed by atoms with Crippen LogP contribution in [0, 0.1) is 0 Å². The summed E-state index contributed by atoms with van der Waals surface area (Å²) in [5.74, 6) is -6.21. The molecule has 15 N–H and O–H groups in total. The average Bonchev–Trinajstić information content (AvgIpc) is 3.63. The highest BCUT2D eigenvalue weighted by molar-refractivity contribution is 5.76. The Balaban J connectivity index is 0.0000224. The summed E-state index contributed by atoms with van der Waals surface area (Å²) in [6.07, 6.45) is 9.10. The SMILES string of the molecule is CCCCCCCCCCCCCC=CC(O)C(COC1OC(C)C(OC2OC(C)C(O)C(O[C@]3(C(=O)[O-])CC(O)C(NC(C)=O)C(C(O)C(O)CO)O3)C2O)C(O)C1O)NC(=O)CCCCCCCCCCCCCCCCC.[NH4+]. The summed E-state index contributed by atoms with van der Waals surface area (Å²) < 4.78 is 35.1. The fourth-order valence-corrected chi connectivity index (χ4v) is 10.9. The minimum absolute atomic E-state index is 0. The van der Waals surface area contributed by atoms with Crippen LogP contribution in [0.2, 0.25) is 0 Å². The predicted octanol–water partition coefficient (Wildman–Crippen LogP) is 4.26. The van der Waals surface area contributed by atoms with Gasteiger partial charge in [0.25, 0.3) is 0 Å². The molecule has 18 atom stereocenters. The Hall–Kier alpha value is -2.49. The number of unbranched alkanes of at least 4 members (excludes halogenated alkanes) is 25. The standard InChI is InChI=1S/C59H108N2O19.H3N/c1-6-8-10-12-14-16-18-20-21-23-25-27-29-31-33-35-46(67)61-42(43(64)34-32-30-28-26-24-22-19-17-15-13-11-9-7-2)38-75-56-51(71)50(70)53(40(4)77-56)78-57-52(72)55(48(68)39(3)76-57)80-59(58(73)74)36-44(65)47(60-41(5)63)54(79-59)49(69)45(66)37-62;/h32,34,39-40,42-45,47-57,62,64-66,68-72H,6-31,33,35-38H2,1-5H3,(H,60,63)(H,61,67)(H,73,74);1H3/t39?,40?,42?,43?,44?,45?,47?,48?,49?,50?,51?,52?,53?,54?,55?,56?,57?,59-;/m0./s1. The number of rotatable bonds is 43. The second-order valence-corrected chi connectivity index (χ2v) is 22.9. The van der Waals surface area contributed by atoms with Crippen molar-refractivity contribution < 1.29 is 93.9 Å². The molecule has 0 bridgehead atoms. The van der Waals surface area contributed by atoms with Gasteiger partial charge in [-0.25, -0.2) is 0 Å². The molecule has 0 aromatic carbocycles. The van der Waals surface area contributed by atoms with Gasteiger partial charge < -0.3 is 101 Å². The van der Waals surface area contributed by atoms with Crippen molar-refractivity contribution in [3.63, 3.8) is 0 Å². The second kappa shape index (κ2) is 41.5. The Bertz CT molecular complexity index is 1710. The molecule has 3 heterocycles. The zero-order valence-corrected chi connectivity index (χ0v) is 50.0. The number of carboxylic acids is 1. The van der Waals surface area contributed by atoms with Gasteiger partial charge in [0.05, 0.1) is 49.7 Å². The molecule has 0 aliphatic carbocycles. The van der Waals surface area contributed by atoms with Crippen LogP contribution in [0.15, 0.2) is 12.2 Å². The molecule has 0 aromatic rings. The molecule has 3 aliphatic rings. The van der Waals surface area contributed by atoms with Crippen molar-refractivity contribution >= 4 is 17.8 Å². The first-order valence-electron chi connectivity index (χ1n) is 30.8. The molecule has 0 saturated carbocycles. The van der Waals surface area contributed by atoms with Crippen LogP contribution in [0.3, 0.4) is 0 Å². The summed E-state index contributed by atoms with van der Waals surface area (Å²) in [4.78, 5) is 38.2. The van der Waals surface area contributed by atoms with Crippen LogP contribution in [0.4, 0.5) is 0 Å². The van der Waals surface area contributed by atoms with E-state index >= 15 is 0 Å². The maximum atomic E-state index is 13.3. The Morgan fingerprint density at radius 1 is 0.667 bits per heavy atom. The Morgan fingerprint density at radius 3 is 1.65 bits per heavy atom. The quantitative estimate of drug-likeness (QED) is 0.0300. The number of nitrogens with one attached hydrogen (secondary N) is 2. The van der Waals surface area contributed by atoms with Crippen LogP contribution in [0.5, 0.6) is 0 Å². The van der Waals surface area contributed by atoms with Crippen LogP contribution in [0.25, 0.3) is 0 Å². The summed E-state index contributed by atoms with van der Waals surface area (Å²) in [6, 6.07) is -2.49. The monoisotopic (exact) mass is 1170 g/mol. The van der Waals surface area contributed by atoms with Gasteiger partial charge in [-0.3, -0.25) is 9.59 Å². The third-order valence-corrected chi connectivity index (χ3v) is 15.9. The maximum absolute atomic E-state index is 13.3. The van der Waals surface area contributed by atoms with Gasteiger partial charge in [-0.15, -0.1) is 0 Å². The third-order valence-electron chi connectivity index (χ3n) is 15.9. The van der Waals surface area contributed by atoms with E-state index in [0.29, 0.717) is 6.42 Å². The number of amides is 2. The highest BCUT2D eigenvalue weighted by atomic mass is 16.8. The van der Waals surface area contributed by atoms with E-state index in [1.165, 1.54) is 136 Å². The molecule has 22 heteroatoms. The number of hydrogen-bond donors (Lipinski definition) is 12. The molecule has 0 radical (unpaired) electrons. The molecular formula is C59H111N3O19. The highest BCUT2D eigenvalue weighted by Gasteiger charge is 2.57. The van der Waals surface area contributed by atoms with Gasteiger partial charge in [-0.2, -0.15) is 0 Å². The van der Waals surface area contributed by atoms with E-state index in [2.05, 4.69) is 24.5 Å². The van der Waals surface area contributed by atoms with Crippen molar-refractivity contribution in [1.82, 2.24) is 16.8 Å². The molecule has 81 heavy (non-hydrogen) atoms. The lowest BCUT2D eigenvalue weighted by atomic mass is 9.88. The fourth-order valence-electron chi connectivity index (χ4n) is 10.9. The van der Waals surface area contributed by atoms with Gasteiger partial charge >= 0.3 is 0 Å².